The molecule has 0 radical (unpaired) electrons. The van der Waals surface area contributed by atoms with Crippen LogP contribution in [-0.4, -0.2) is 44.8 Å². The van der Waals surface area contributed by atoms with E-state index >= 15 is 0 Å². The number of fused-ring (bicyclic) bond motifs is 3. The molecule has 0 spiro atoms. The van der Waals surface area contributed by atoms with Gasteiger partial charge in [0.1, 0.15) is 5.82 Å². The van der Waals surface area contributed by atoms with Crippen LogP contribution in [0.15, 0.2) is 18.5 Å². The number of sulfonamides is 1. The van der Waals surface area contributed by atoms with Crippen molar-refractivity contribution in [1.29, 1.82) is 0 Å². The van der Waals surface area contributed by atoms with E-state index in [1.54, 1.807) is 6.20 Å². The molecular weight excluding hydrogens is 352 g/mol. The normalized spacial score (nSPS) is 24.0. The first-order chi connectivity index (χ1) is 12.5. The van der Waals surface area contributed by atoms with Gasteiger partial charge < -0.3 is 4.98 Å². The fraction of sp³-hybridized carbons (Fsp3) is 0.588. The Morgan fingerprint density at radius 2 is 2.15 bits per heavy atom. The van der Waals surface area contributed by atoms with Gasteiger partial charge in [0.25, 0.3) is 0 Å². The van der Waals surface area contributed by atoms with Gasteiger partial charge in [-0.3, -0.25) is 4.40 Å². The molecule has 0 bridgehead atoms. The summed E-state index contributed by atoms with van der Waals surface area (Å²) in [6.45, 7) is 4.03. The van der Waals surface area contributed by atoms with Crippen molar-refractivity contribution in [2.45, 2.75) is 51.5 Å². The summed E-state index contributed by atoms with van der Waals surface area (Å²) in [5.41, 5.74) is 2.47. The molecule has 3 aromatic heterocycles. The number of nitrogens with one attached hydrogen (secondary N) is 2. The molecule has 0 aromatic carbocycles. The van der Waals surface area contributed by atoms with Crippen molar-refractivity contribution < 1.29 is 8.42 Å². The molecule has 0 aliphatic heterocycles. The second-order valence-electron chi connectivity index (χ2n) is 7.10. The van der Waals surface area contributed by atoms with Gasteiger partial charge in [-0.25, -0.2) is 18.1 Å². The van der Waals surface area contributed by atoms with Crippen molar-refractivity contribution in [3.05, 3.63) is 24.3 Å². The molecule has 26 heavy (non-hydrogen) atoms. The van der Waals surface area contributed by atoms with E-state index in [9.17, 15) is 8.42 Å². The zero-order chi connectivity index (χ0) is 18.3. The van der Waals surface area contributed by atoms with E-state index in [2.05, 4.69) is 36.2 Å². The third-order valence-electron chi connectivity index (χ3n) is 5.34. The van der Waals surface area contributed by atoms with E-state index in [1.165, 1.54) is 0 Å². The van der Waals surface area contributed by atoms with Gasteiger partial charge in [-0.05, 0) is 31.2 Å². The Balaban J connectivity index is 1.69. The predicted octanol–water partition coefficient (Wildman–Crippen LogP) is 2.21. The SMILES string of the molecule is CCCS(=O)(=O)N[C@H]1C[C@@H](CC)[C@@H](c2nnc3cnc4[nH]ccc4n23)C1. The summed E-state index contributed by atoms with van der Waals surface area (Å²) in [7, 11) is -3.22. The minimum atomic E-state index is -3.22. The van der Waals surface area contributed by atoms with Crippen LogP contribution >= 0.6 is 0 Å². The van der Waals surface area contributed by atoms with Crippen molar-refractivity contribution in [3.8, 4) is 0 Å². The molecule has 2 N–H and O–H groups in total. The molecule has 0 unspecified atom stereocenters. The quantitative estimate of drug-likeness (QED) is 0.686. The zero-order valence-electron chi connectivity index (χ0n) is 15.0. The van der Waals surface area contributed by atoms with Crippen LogP contribution in [0.25, 0.3) is 16.8 Å². The third kappa shape index (κ3) is 2.99. The fourth-order valence-corrected chi connectivity index (χ4v) is 5.56. The van der Waals surface area contributed by atoms with E-state index in [0.717, 1.165) is 41.9 Å². The standard InChI is InChI=1S/C17H24N6O2S/c1-3-7-26(24,25)22-12-8-11(4-2)13(9-12)17-21-20-15-10-19-16-14(23(15)17)5-6-18-16/h5-6,10-13,18,22H,3-4,7-9H2,1-2H3/t11-,12+,13+/m1/s1. The van der Waals surface area contributed by atoms with E-state index in [-0.39, 0.29) is 17.7 Å². The van der Waals surface area contributed by atoms with Gasteiger partial charge in [0.15, 0.2) is 11.3 Å². The van der Waals surface area contributed by atoms with E-state index in [0.29, 0.717) is 12.3 Å². The molecule has 3 aromatic rings. The first kappa shape index (κ1) is 17.4. The van der Waals surface area contributed by atoms with Crippen LogP contribution in [0.1, 0.15) is 51.3 Å². The summed E-state index contributed by atoms with van der Waals surface area (Å²) in [4.78, 5) is 7.48. The van der Waals surface area contributed by atoms with E-state index in [4.69, 9.17) is 0 Å². The zero-order valence-corrected chi connectivity index (χ0v) is 15.8. The number of nitrogens with zero attached hydrogens (tertiary/aromatic N) is 4. The average molecular weight is 376 g/mol. The molecule has 4 rings (SSSR count). The monoisotopic (exact) mass is 376 g/mol. The lowest BCUT2D eigenvalue weighted by Gasteiger charge is -2.16. The van der Waals surface area contributed by atoms with Crippen molar-refractivity contribution in [1.82, 2.24) is 29.3 Å². The Morgan fingerprint density at radius 3 is 2.92 bits per heavy atom. The van der Waals surface area contributed by atoms with Gasteiger partial charge in [0.2, 0.25) is 10.0 Å². The van der Waals surface area contributed by atoms with Gasteiger partial charge in [-0.2, -0.15) is 0 Å². The van der Waals surface area contributed by atoms with Crippen LogP contribution in [0, 0.1) is 5.92 Å². The summed E-state index contributed by atoms with van der Waals surface area (Å²) in [5.74, 6) is 1.62. The highest BCUT2D eigenvalue weighted by atomic mass is 32.2. The summed E-state index contributed by atoms with van der Waals surface area (Å²) in [5, 5.41) is 8.74. The number of aromatic amines is 1. The van der Waals surface area contributed by atoms with E-state index in [1.807, 2.05) is 19.2 Å². The number of hydrogen-bond acceptors (Lipinski definition) is 5. The molecule has 1 saturated carbocycles. The van der Waals surface area contributed by atoms with Crippen molar-refractivity contribution >= 4 is 26.8 Å². The number of H-pyrrole nitrogens is 1. The molecular formula is C17H24N6O2S. The first-order valence-electron chi connectivity index (χ1n) is 9.19. The Hall–Kier alpha value is -2.00. The van der Waals surface area contributed by atoms with Crippen LogP contribution in [0.4, 0.5) is 0 Å². The smallest absolute Gasteiger partial charge is 0.211 e. The minimum absolute atomic E-state index is 0.0441. The summed E-state index contributed by atoms with van der Waals surface area (Å²) >= 11 is 0. The molecule has 1 fully saturated rings. The van der Waals surface area contributed by atoms with Crippen molar-refractivity contribution in [3.63, 3.8) is 0 Å². The third-order valence-corrected chi connectivity index (χ3v) is 6.98. The Kier molecular flexibility index (Phi) is 4.44. The van der Waals surface area contributed by atoms with Gasteiger partial charge in [0, 0.05) is 18.2 Å². The van der Waals surface area contributed by atoms with Crippen LogP contribution < -0.4 is 4.72 Å². The Bertz CT molecular complexity index is 1020. The topological polar surface area (TPSA) is 105 Å². The lowest BCUT2D eigenvalue weighted by Crippen LogP contribution is -2.34. The maximum absolute atomic E-state index is 12.2. The molecule has 1 aliphatic carbocycles. The molecule has 140 valence electrons. The van der Waals surface area contributed by atoms with Crippen molar-refractivity contribution in [2.24, 2.45) is 5.92 Å². The van der Waals surface area contributed by atoms with Crippen LogP contribution in [0.2, 0.25) is 0 Å². The second-order valence-corrected chi connectivity index (χ2v) is 8.97. The summed E-state index contributed by atoms with van der Waals surface area (Å²) < 4.78 is 29.3. The first-order valence-corrected chi connectivity index (χ1v) is 10.8. The number of aromatic nitrogens is 5. The van der Waals surface area contributed by atoms with E-state index < -0.39 is 10.0 Å². The summed E-state index contributed by atoms with van der Waals surface area (Å²) in [6, 6.07) is 1.93. The van der Waals surface area contributed by atoms with Gasteiger partial charge in [-0.1, -0.05) is 20.3 Å². The van der Waals surface area contributed by atoms with Crippen LogP contribution in [0.5, 0.6) is 0 Å². The Morgan fingerprint density at radius 1 is 1.31 bits per heavy atom. The molecule has 8 nitrogen and oxygen atoms in total. The molecule has 0 saturated heterocycles. The van der Waals surface area contributed by atoms with Crippen LogP contribution in [0.3, 0.4) is 0 Å². The van der Waals surface area contributed by atoms with Gasteiger partial charge >= 0.3 is 0 Å². The lowest BCUT2D eigenvalue weighted by molar-refractivity contribution is 0.449. The highest BCUT2D eigenvalue weighted by molar-refractivity contribution is 7.89. The number of hydrogen-bond donors (Lipinski definition) is 2. The maximum Gasteiger partial charge on any atom is 0.211 e. The second kappa shape index (κ2) is 6.62. The maximum atomic E-state index is 12.2. The fourth-order valence-electron chi connectivity index (χ4n) is 4.21. The summed E-state index contributed by atoms with van der Waals surface area (Å²) in [6.07, 6.45) is 6.75. The minimum Gasteiger partial charge on any atom is -0.345 e. The molecule has 0 amide bonds. The van der Waals surface area contributed by atoms with Gasteiger partial charge in [0.05, 0.1) is 17.5 Å². The Labute approximate surface area is 152 Å². The van der Waals surface area contributed by atoms with Crippen LogP contribution in [-0.2, 0) is 10.0 Å². The largest absolute Gasteiger partial charge is 0.345 e. The van der Waals surface area contributed by atoms with Gasteiger partial charge in [-0.15, -0.1) is 10.2 Å². The molecule has 9 heteroatoms. The molecule has 3 heterocycles. The molecule has 3 atom stereocenters. The average Bonchev–Trinajstić information content (AvgIpc) is 3.30. The molecule has 1 aliphatic rings. The highest BCUT2D eigenvalue weighted by Crippen LogP contribution is 2.41. The highest BCUT2D eigenvalue weighted by Gasteiger charge is 2.38. The predicted molar refractivity (Wildman–Crippen MR) is 99.4 cm³/mol. The van der Waals surface area contributed by atoms with Crippen molar-refractivity contribution in [2.75, 3.05) is 5.75 Å². The lowest BCUT2D eigenvalue weighted by atomic mass is 9.93. The number of rotatable bonds is 6.